The number of nitrogens with two attached hydrogens (primary N) is 3. The van der Waals surface area contributed by atoms with Crippen LogP contribution < -0.4 is 17.2 Å². The van der Waals surface area contributed by atoms with Crippen molar-refractivity contribution in [2.45, 2.75) is 26.3 Å². The van der Waals surface area contributed by atoms with Gasteiger partial charge in [-0.1, -0.05) is 0 Å². The molecule has 0 fully saturated rings. The first-order valence-corrected chi connectivity index (χ1v) is 7.19. The van der Waals surface area contributed by atoms with Gasteiger partial charge in [0.25, 0.3) is 0 Å². The van der Waals surface area contributed by atoms with Crippen molar-refractivity contribution in [3.8, 4) is 12.1 Å². The van der Waals surface area contributed by atoms with Crippen molar-refractivity contribution in [2.24, 2.45) is 38.0 Å². The summed E-state index contributed by atoms with van der Waals surface area (Å²) >= 11 is 0. The number of rotatable bonds is 0. The molecule has 3 atom stereocenters. The Balaban J connectivity index is 2.24. The summed E-state index contributed by atoms with van der Waals surface area (Å²) in [6.45, 7) is 3.39. The zero-order chi connectivity index (χ0) is 17.0. The van der Waals surface area contributed by atoms with E-state index in [0.717, 1.165) is 0 Å². The molecule has 0 spiro atoms. The Morgan fingerprint density at radius 2 is 1.87 bits per heavy atom. The van der Waals surface area contributed by atoms with E-state index < -0.39 is 16.9 Å². The second-order valence-corrected chi connectivity index (χ2v) is 6.32. The monoisotopic (exact) mass is 307 g/mol. The summed E-state index contributed by atoms with van der Waals surface area (Å²) in [5.74, 6) is 0. The zero-order valence-electron chi connectivity index (χ0n) is 13.0. The third kappa shape index (κ3) is 1.74. The molecule has 3 rings (SSSR count). The number of fused-ring (bicyclic) bond motifs is 2. The summed E-state index contributed by atoms with van der Waals surface area (Å²) in [5.41, 5.74) is 18.8. The molecule has 0 radical (unpaired) electrons. The van der Waals surface area contributed by atoms with Gasteiger partial charge in [-0.15, -0.1) is 0 Å². The lowest BCUT2D eigenvalue weighted by atomic mass is 9.70. The van der Waals surface area contributed by atoms with E-state index >= 15 is 0 Å². The van der Waals surface area contributed by atoms with Crippen LogP contribution in [0.25, 0.3) is 0 Å². The van der Waals surface area contributed by atoms with Crippen LogP contribution in [-0.4, -0.2) is 17.5 Å². The Morgan fingerprint density at radius 3 is 2.48 bits per heavy atom. The van der Waals surface area contributed by atoms with Crippen molar-refractivity contribution in [3.05, 3.63) is 34.9 Å². The molecule has 0 aromatic rings. The highest BCUT2D eigenvalue weighted by atomic mass is 15.0. The fraction of sp³-hybridized carbons (Fsp3) is 0.375. The lowest BCUT2D eigenvalue weighted by Crippen LogP contribution is -2.50. The standard InChI is InChI=1S/C16H17N7/c1-15(6-17)11(20)4-3-9-13(15)23-14-10(22-9)5-8(19)12(21)16(14,2)7-18/h3-4,14H,5,19-21H2,1-2H3. The van der Waals surface area contributed by atoms with Gasteiger partial charge >= 0.3 is 0 Å². The molecule has 3 unspecified atom stereocenters. The average molecular weight is 307 g/mol. The lowest BCUT2D eigenvalue weighted by Gasteiger charge is -2.40. The summed E-state index contributed by atoms with van der Waals surface area (Å²) in [7, 11) is 0. The van der Waals surface area contributed by atoms with Gasteiger partial charge in [-0.05, 0) is 26.0 Å². The molecule has 0 aromatic carbocycles. The maximum Gasteiger partial charge on any atom is 0.137 e. The highest BCUT2D eigenvalue weighted by Crippen LogP contribution is 2.43. The van der Waals surface area contributed by atoms with Gasteiger partial charge in [0.15, 0.2) is 0 Å². The lowest BCUT2D eigenvalue weighted by molar-refractivity contribution is 0.456. The fourth-order valence-electron chi connectivity index (χ4n) is 3.12. The summed E-state index contributed by atoms with van der Waals surface area (Å²) < 4.78 is 0. The van der Waals surface area contributed by atoms with Crippen LogP contribution in [0.15, 0.2) is 44.9 Å². The molecule has 0 amide bonds. The van der Waals surface area contributed by atoms with Gasteiger partial charge in [0.2, 0.25) is 0 Å². The number of hydrogen-bond acceptors (Lipinski definition) is 7. The van der Waals surface area contributed by atoms with E-state index in [1.807, 2.05) is 0 Å². The molecule has 0 saturated carbocycles. The van der Waals surface area contributed by atoms with E-state index in [1.54, 1.807) is 26.0 Å². The van der Waals surface area contributed by atoms with Crippen molar-refractivity contribution in [2.75, 3.05) is 0 Å². The van der Waals surface area contributed by atoms with Crippen LogP contribution in [0.4, 0.5) is 0 Å². The Labute approximate surface area is 134 Å². The van der Waals surface area contributed by atoms with Crippen molar-refractivity contribution < 1.29 is 0 Å². The molecule has 7 heteroatoms. The molecular formula is C16H17N7. The first-order chi connectivity index (χ1) is 10.8. The third-order valence-corrected chi connectivity index (χ3v) is 4.83. The molecular weight excluding hydrogens is 290 g/mol. The fourth-order valence-corrected chi connectivity index (χ4v) is 3.12. The van der Waals surface area contributed by atoms with E-state index in [2.05, 4.69) is 17.1 Å². The molecule has 0 saturated heterocycles. The average Bonchev–Trinajstić information content (AvgIpc) is 2.55. The Hall–Kier alpha value is -3.06. The van der Waals surface area contributed by atoms with Crippen LogP contribution in [0.3, 0.4) is 0 Å². The minimum absolute atomic E-state index is 0.318. The first kappa shape index (κ1) is 14.9. The molecule has 23 heavy (non-hydrogen) atoms. The van der Waals surface area contributed by atoms with Crippen molar-refractivity contribution in [3.63, 3.8) is 0 Å². The zero-order valence-corrected chi connectivity index (χ0v) is 13.0. The second-order valence-electron chi connectivity index (χ2n) is 6.32. The van der Waals surface area contributed by atoms with Gasteiger partial charge in [-0.25, -0.2) is 0 Å². The summed E-state index contributed by atoms with van der Waals surface area (Å²) in [6.07, 6.45) is 3.77. The Kier molecular flexibility index (Phi) is 2.89. The molecule has 1 heterocycles. The minimum Gasteiger partial charge on any atom is -0.400 e. The topological polar surface area (TPSA) is 150 Å². The summed E-state index contributed by atoms with van der Waals surface area (Å²) in [6, 6.07) is 3.85. The molecule has 2 aliphatic carbocycles. The number of allylic oxidation sites excluding steroid dienone is 5. The van der Waals surface area contributed by atoms with Gasteiger partial charge in [0.05, 0.1) is 35.0 Å². The van der Waals surface area contributed by atoms with Crippen LogP contribution in [0, 0.1) is 33.5 Å². The number of nitrogens with zero attached hydrogens (tertiary/aromatic N) is 4. The molecule has 0 bridgehead atoms. The predicted molar refractivity (Wildman–Crippen MR) is 86.5 cm³/mol. The highest BCUT2D eigenvalue weighted by molar-refractivity contribution is 6.14. The van der Waals surface area contributed by atoms with E-state index in [0.29, 0.717) is 40.6 Å². The number of hydrogen-bond donors (Lipinski definition) is 3. The van der Waals surface area contributed by atoms with Gasteiger partial charge in [-0.2, -0.15) is 10.5 Å². The van der Waals surface area contributed by atoms with E-state index in [4.69, 9.17) is 22.2 Å². The Bertz CT molecular complexity index is 843. The van der Waals surface area contributed by atoms with Gasteiger partial charge < -0.3 is 17.2 Å². The van der Waals surface area contributed by atoms with Crippen LogP contribution in [0.1, 0.15) is 20.3 Å². The SMILES string of the molecule is CC1(C#N)C(N)=CC=C2N=C3CC(N)=C(N)C(C)(C#N)C3N=C21. The number of nitriles is 2. The maximum absolute atomic E-state index is 9.65. The first-order valence-electron chi connectivity index (χ1n) is 7.19. The van der Waals surface area contributed by atoms with E-state index in [1.165, 1.54) is 0 Å². The normalized spacial score (nSPS) is 35.6. The number of aliphatic imine (C=N–C) groups is 2. The van der Waals surface area contributed by atoms with Crippen LogP contribution in [0.2, 0.25) is 0 Å². The maximum atomic E-state index is 9.65. The summed E-state index contributed by atoms with van der Waals surface area (Å²) in [5, 5.41) is 19.2. The molecule has 7 nitrogen and oxygen atoms in total. The van der Waals surface area contributed by atoms with Gasteiger partial charge in [-0.3, -0.25) is 9.98 Å². The summed E-state index contributed by atoms with van der Waals surface area (Å²) in [4.78, 5) is 9.30. The molecule has 3 aliphatic rings. The van der Waals surface area contributed by atoms with Gasteiger partial charge in [0, 0.05) is 17.8 Å². The molecule has 0 aromatic heterocycles. The minimum atomic E-state index is -1.09. The van der Waals surface area contributed by atoms with Crippen molar-refractivity contribution in [1.29, 1.82) is 10.5 Å². The van der Waals surface area contributed by atoms with E-state index in [-0.39, 0.29) is 0 Å². The highest BCUT2D eigenvalue weighted by Gasteiger charge is 2.49. The predicted octanol–water partition coefficient (Wildman–Crippen LogP) is 0.583. The van der Waals surface area contributed by atoms with Crippen LogP contribution >= 0.6 is 0 Å². The molecule has 116 valence electrons. The smallest absolute Gasteiger partial charge is 0.137 e. The Morgan fingerprint density at radius 1 is 1.17 bits per heavy atom. The largest absolute Gasteiger partial charge is 0.400 e. The van der Waals surface area contributed by atoms with Crippen molar-refractivity contribution in [1.82, 2.24) is 0 Å². The van der Waals surface area contributed by atoms with E-state index in [9.17, 15) is 10.5 Å². The molecule has 6 N–H and O–H groups in total. The molecule has 1 aliphatic heterocycles. The van der Waals surface area contributed by atoms with Crippen molar-refractivity contribution >= 4 is 11.4 Å². The third-order valence-electron chi connectivity index (χ3n) is 4.83. The quantitative estimate of drug-likeness (QED) is 0.598. The van der Waals surface area contributed by atoms with Crippen LogP contribution in [-0.2, 0) is 0 Å². The van der Waals surface area contributed by atoms with Gasteiger partial charge in [0.1, 0.15) is 16.9 Å². The second kappa shape index (κ2) is 4.47. The van der Waals surface area contributed by atoms with Crippen LogP contribution in [0.5, 0.6) is 0 Å².